The van der Waals surface area contributed by atoms with Crippen molar-refractivity contribution in [1.82, 2.24) is 0 Å². The fourth-order valence-corrected chi connectivity index (χ4v) is 1.25. The molecule has 0 amide bonds. The van der Waals surface area contributed by atoms with E-state index < -0.39 is 5.97 Å². The van der Waals surface area contributed by atoms with Crippen LogP contribution in [-0.4, -0.2) is 16.2 Å². The molecule has 0 aromatic rings. The molecule has 0 aromatic carbocycles. The van der Waals surface area contributed by atoms with Crippen molar-refractivity contribution in [3.8, 4) is 0 Å². The van der Waals surface area contributed by atoms with Crippen molar-refractivity contribution >= 4 is 5.97 Å². The minimum absolute atomic E-state index is 0.0620. The van der Waals surface area contributed by atoms with Crippen LogP contribution in [0.3, 0.4) is 0 Å². The van der Waals surface area contributed by atoms with E-state index in [4.69, 9.17) is 10.2 Å². The van der Waals surface area contributed by atoms with Gasteiger partial charge in [-0.3, -0.25) is 0 Å². The van der Waals surface area contributed by atoms with Crippen LogP contribution < -0.4 is 0 Å². The summed E-state index contributed by atoms with van der Waals surface area (Å²) in [7, 11) is 0. The molecule has 0 saturated heterocycles. The van der Waals surface area contributed by atoms with E-state index in [-0.39, 0.29) is 17.6 Å². The fraction of sp³-hybridized carbons (Fsp3) is 0.300. The highest BCUT2D eigenvalue weighted by molar-refractivity contribution is 5.79. The Morgan fingerprint density at radius 2 is 2.31 bits per heavy atom. The number of aliphatic hydroxyl groups is 1. The highest BCUT2D eigenvalue weighted by Crippen LogP contribution is 2.22. The van der Waals surface area contributed by atoms with Gasteiger partial charge in [-0.2, -0.15) is 0 Å². The van der Waals surface area contributed by atoms with E-state index in [1.807, 2.05) is 6.92 Å². The molecule has 3 nitrogen and oxygen atoms in total. The van der Waals surface area contributed by atoms with Crippen molar-refractivity contribution in [1.29, 1.82) is 0 Å². The lowest BCUT2D eigenvalue weighted by molar-refractivity contribution is -0.131. The third kappa shape index (κ3) is 2.78. The van der Waals surface area contributed by atoms with Gasteiger partial charge in [-0.1, -0.05) is 19.1 Å². The van der Waals surface area contributed by atoms with E-state index >= 15 is 0 Å². The maximum Gasteiger partial charge on any atom is 0.327 e. The van der Waals surface area contributed by atoms with Crippen LogP contribution in [-0.2, 0) is 4.79 Å². The summed E-state index contributed by atoms with van der Waals surface area (Å²) in [5.41, 5.74) is 0. The molecule has 3 heteroatoms. The van der Waals surface area contributed by atoms with E-state index in [9.17, 15) is 4.79 Å². The number of carbonyl (C=O) groups is 1. The summed E-state index contributed by atoms with van der Waals surface area (Å²) >= 11 is 0. The summed E-state index contributed by atoms with van der Waals surface area (Å²) in [6.45, 7) is 1.93. The van der Waals surface area contributed by atoms with Crippen LogP contribution in [0.2, 0.25) is 0 Å². The normalized spacial score (nSPS) is 27.6. The number of aliphatic carboxylic acids is 1. The summed E-state index contributed by atoms with van der Waals surface area (Å²) in [5, 5.41) is 17.5. The lowest BCUT2D eigenvalue weighted by atomic mass is 9.89. The predicted octanol–water partition coefficient (Wildman–Crippen LogP) is 1.89. The van der Waals surface area contributed by atoms with Gasteiger partial charge in [0.25, 0.3) is 0 Å². The smallest absolute Gasteiger partial charge is 0.327 e. The molecule has 0 saturated carbocycles. The van der Waals surface area contributed by atoms with Crippen molar-refractivity contribution < 1.29 is 15.0 Å². The number of carboxylic acids is 1. The molecule has 13 heavy (non-hydrogen) atoms. The summed E-state index contributed by atoms with van der Waals surface area (Å²) < 4.78 is 0. The monoisotopic (exact) mass is 180 g/mol. The van der Waals surface area contributed by atoms with Gasteiger partial charge in [-0.15, -0.1) is 0 Å². The Morgan fingerprint density at radius 1 is 1.62 bits per heavy atom. The number of hydrogen-bond acceptors (Lipinski definition) is 2. The van der Waals surface area contributed by atoms with Gasteiger partial charge in [-0.05, 0) is 18.1 Å². The van der Waals surface area contributed by atoms with Crippen molar-refractivity contribution in [3.05, 3.63) is 36.1 Å². The van der Waals surface area contributed by atoms with Gasteiger partial charge in [0.2, 0.25) is 0 Å². The van der Waals surface area contributed by atoms with Crippen molar-refractivity contribution in [3.63, 3.8) is 0 Å². The van der Waals surface area contributed by atoms with Gasteiger partial charge >= 0.3 is 5.97 Å². The maximum atomic E-state index is 10.2. The number of hydrogen-bond donors (Lipinski definition) is 2. The van der Waals surface area contributed by atoms with Crippen LogP contribution in [0.25, 0.3) is 0 Å². The molecule has 2 atom stereocenters. The van der Waals surface area contributed by atoms with Crippen molar-refractivity contribution in [2.24, 2.45) is 11.8 Å². The molecule has 0 spiro atoms. The zero-order valence-corrected chi connectivity index (χ0v) is 7.34. The number of allylic oxidation sites excluding steroid dienone is 4. The zero-order valence-electron chi connectivity index (χ0n) is 7.34. The average Bonchev–Trinajstić information content (AvgIpc) is 2.02. The molecule has 0 radical (unpaired) electrons. The SMILES string of the molecule is CC1C=C(O)C=CC1/C=C/C(=O)O. The first kappa shape index (κ1) is 9.58. The molecule has 2 N–H and O–H groups in total. The van der Waals surface area contributed by atoms with Gasteiger partial charge in [0.05, 0.1) is 0 Å². The lowest BCUT2D eigenvalue weighted by Gasteiger charge is -2.17. The van der Waals surface area contributed by atoms with Crippen LogP contribution in [0.5, 0.6) is 0 Å². The molecule has 0 heterocycles. The van der Waals surface area contributed by atoms with Gasteiger partial charge < -0.3 is 10.2 Å². The Kier molecular flexibility index (Phi) is 2.90. The van der Waals surface area contributed by atoms with Crippen LogP contribution >= 0.6 is 0 Å². The summed E-state index contributed by atoms with van der Waals surface area (Å²) in [6, 6.07) is 0. The van der Waals surface area contributed by atoms with Gasteiger partial charge in [0.1, 0.15) is 5.76 Å². The second-order valence-electron chi connectivity index (χ2n) is 3.08. The number of carboxylic acid groups (broad SMARTS) is 1. The average molecular weight is 180 g/mol. The highest BCUT2D eigenvalue weighted by Gasteiger charge is 2.13. The molecule has 1 rings (SSSR count). The Morgan fingerprint density at radius 3 is 2.85 bits per heavy atom. The summed E-state index contributed by atoms with van der Waals surface area (Å²) in [6.07, 6.45) is 7.82. The molecule has 0 bridgehead atoms. The topological polar surface area (TPSA) is 57.5 Å². The first-order valence-corrected chi connectivity index (χ1v) is 4.09. The van der Waals surface area contributed by atoms with Gasteiger partial charge in [-0.25, -0.2) is 4.79 Å². The Balaban J connectivity index is 2.65. The van der Waals surface area contributed by atoms with Gasteiger partial charge in [0, 0.05) is 12.0 Å². The third-order valence-electron chi connectivity index (χ3n) is 1.99. The van der Waals surface area contributed by atoms with E-state index in [1.54, 1.807) is 24.3 Å². The quantitative estimate of drug-likeness (QED) is 0.638. The van der Waals surface area contributed by atoms with Crippen LogP contribution in [0.15, 0.2) is 36.1 Å². The largest absolute Gasteiger partial charge is 0.508 e. The molecular weight excluding hydrogens is 168 g/mol. The van der Waals surface area contributed by atoms with Crippen molar-refractivity contribution in [2.75, 3.05) is 0 Å². The van der Waals surface area contributed by atoms with Crippen LogP contribution in [0, 0.1) is 11.8 Å². The second-order valence-corrected chi connectivity index (χ2v) is 3.08. The van der Waals surface area contributed by atoms with Crippen LogP contribution in [0.4, 0.5) is 0 Å². The molecular formula is C10H12O3. The molecule has 2 unspecified atom stereocenters. The Labute approximate surface area is 76.7 Å². The first-order valence-electron chi connectivity index (χ1n) is 4.09. The lowest BCUT2D eigenvalue weighted by Crippen LogP contribution is -2.08. The Hall–Kier alpha value is -1.51. The van der Waals surface area contributed by atoms with E-state index in [1.165, 1.54) is 0 Å². The number of rotatable bonds is 2. The summed E-state index contributed by atoms with van der Waals surface area (Å²) in [4.78, 5) is 10.2. The van der Waals surface area contributed by atoms with E-state index in [0.717, 1.165) is 6.08 Å². The fourth-order valence-electron chi connectivity index (χ4n) is 1.25. The highest BCUT2D eigenvalue weighted by atomic mass is 16.4. The molecule has 0 aliphatic heterocycles. The zero-order chi connectivity index (χ0) is 9.84. The van der Waals surface area contributed by atoms with Crippen LogP contribution in [0.1, 0.15) is 6.92 Å². The minimum atomic E-state index is -0.945. The van der Waals surface area contributed by atoms with Gasteiger partial charge in [0.15, 0.2) is 0 Å². The van der Waals surface area contributed by atoms with Crippen molar-refractivity contribution in [2.45, 2.75) is 6.92 Å². The minimum Gasteiger partial charge on any atom is -0.508 e. The predicted molar refractivity (Wildman–Crippen MR) is 49.3 cm³/mol. The molecule has 1 aliphatic carbocycles. The Bertz CT molecular complexity index is 287. The second kappa shape index (κ2) is 3.94. The van der Waals surface area contributed by atoms with E-state index in [0.29, 0.717) is 0 Å². The third-order valence-corrected chi connectivity index (χ3v) is 1.99. The number of aliphatic hydroxyl groups excluding tert-OH is 1. The molecule has 0 aromatic heterocycles. The maximum absolute atomic E-state index is 10.2. The molecule has 0 fully saturated rings. The first-order chi connectivity index (χ1) is 6.09. The summed E-state index contributed by atoms with van der Waals surface area (Å²) in [5.74, 6) is -0.501. The molecule has 1 aliphatic rings. The van der Waals surface area contributed by atoms with E-state index in [2.05, 4.69) is 0 Å². The molecule has 70 valence electrons. The standard InChI is InChI=1S/C10H12O3/c1-7-6-9(11)4-2-8(7)3-5-10(12)13/h2-8,11H,1H3,(H,12,13)/b5-3+.